The van der Waals surface area contributed by atoms with Gasteiger partial charge in [0.15, 0.2) is 0 Å². The Morgan fingerprint density at radius 2 is 1.74 bits per heavy atom. The molecule has 5 rings (SSSR count). The minimum Gasteiger partial charge on any atom is -0.383 e. The van der Waals surface area contributed by atoms with Gasteiger partial charge in [0.05, 0.1) is 43.9 Å². The highest BCUT2D eigenvalue weighted by molar-refractivity contribution is 7.19. The molecule has 0 spiro atoms. The van der Waals surface area contributed by atoms with Crippen molar-refractivity contribution in [1.29, 1.82) is 0 Å². The number of halogens is 3. The highest BCUT2D eigenvalue weighted by Crippen LogP contribution is 2.36. The number of nitrogens with two attached hydrogens (primary N) is 2. The summed E-state index contributed by atoms with van der Waals surface area (Å²) >= 11 is 1.22. The number of primary amides is 1. The molecule has 0 radical (unpaired) electrons. The molecule has 1 aliphatic heterocycles. The molecule has 0 bridgehead atoms. The lowest BCUT2D eigenvalue weighted by molar-refractivity contribution is -0.137. The molecule has 0 unspecified atom stereocenters. The second kappa shape index (κ2) is 9.75. The van der Waals surface area contributed by atoms with Crippen LogP contribution in [0.4, 0.5) is 19.0 Å². The minimum absolute atomic E-state index is 0.178. The molecule has 9 nitrogen and oxygen atoms in total. The van der Waals surface area contributed by atoms with Crippen molar-refractivity contribution in [2.24, 2.45) is 5.73 Å². The number of benzene rings is 1. The van der Waals surface area contributed by atoms with Crippen LogP contribution < -0.4 is 11.5 Å². The number of hydrogen-bond donors (Lipinski definition) is 2. The number of rotatable bonds is 3. The number of carbonyl (C=O) groups excluding carboxylic acids is 1. The fourth-order valence-corrected chi connectivity index (χ4v) is 3.97. The smallest absolute Gasteiger partial charge is 0.383 e. The summed E-state index contributed by atoms with van der Waals surface area (Å²) in [5, 5.41) is 4.95. The second-order valence-electron chi connectivity index (χ2n) is 7.07. The molecule has 0 saturated carbocycles. The minimum atomic E-state index is -4.63. The molecule has 34 heavy (non-hydrogen) atoms. The Morgan fingerprint density at radius 3 is 2.35 bits per heavy atom. The van der Waals surface area contributed by atoms with E-state index in [1.807, 2.05) is 0 Å². The molecule has 1 aliphatic rings. The van der Waals surface area contributed by atoms with E-state index in [0.29, 0.717) is 26.8 Å². The Hall–Kier alpha value is -3.55. The van der Waals surface area contributed by atoms with E-state index in [-0.39, 0.29) is 5.56 Å². The Balaban J connectivity index is 0.000000398. The third kappa shape index (κ3) is 5.16. The molecule has 1 saturated heterocycles. The van der Waals surface area contributed by atoms with Gasteiger partial charge in [-0.15, -0.1) is 0 Å². The van der Waals surface area contributed by atoms with Crippen molar-refractivity contribution in [3.05, 3.63) is 53.9 Å². The van der Waals surface area contributed by atoms with Gasteiger partial charge < -0.3 is 20.9 Å². The molecule has 1 fully saturated rings. The molecule has 4 heterocycles. The highest BCUT2D eigenvalue weighted by atomic mass is 32.1. The van der Waals surface area contributed by atoms with Gasteiger partial charge in [-0.3, -0.25) is 4.79 Å². The van der Waals surface area contributed by atoms with Gasteiger partial charge in [0.2, 0.25) is 10.9 Å². The summed E-state index contributed by atoms with van der Waals surface area (Å²) in [5.74, 6) is -1.17. The highest BCUT2D eigenvalue weighted by Gasteiger charge is 2.34. The number of imidazole rings is 1. The maximum Gasteiger partial charge on any atom is 0.419 e. The van der Waals surface area contributed by atoms with E-state index < -0.39 is 23.5 Å². The fraction of sp³-hybridized carbons (Fsp3) is 0.238. The van der Waals surface area contributed by atoms with Crippen LogP contribution in [-0.4, -0.2) is 51.9 Å². The van der Waals surface area contributed by atoms with Crippen molar-refractivity contribution in [3.63, 3.8) is 0 Å². The van der Waals surface area contributed by atoms with E-state index in [0.717, 1.165) is 32.5 Å². The van der Waals surface area contributed by atoms with Gasteiger partial charge >= 0.3 is 6.18 Å². The Kier molecular flexibility index (Phi) is 6.77. The SMILES string of the molecule is C1COCCO1.NC(=O)c1cccc(-c2nn3c(-c4cnc(N)c(C(F)(F)F)c4)cnc3s2)c1. The van der Waals surface area contributed by atoms with E-state index >= 15 is 0 Å². The van der Waals surface area contributed by atoms with Gasteiger partial charge in [0.25, 0.3) is 0 Å². The first-order chi connectivity index (χ1) is 16.2. The first-order valence-electron chi connectivity index (χ1n) is 9.97. The molecule has 4 aromatic rings. The number of ether oxygens (including phenoxy) is 2. The Morgan fingerprint density at radius 1 is 1.03 bits per heavy atom. The molecule has 3 aromatic heterocycles. The average Bonchev–Trinajstić information content (AvgIpc) is 3.42. The van der Waals surface area contributed by atoms with Crippen LogP contribution in [0.3, 0.4) is 0 Å². The van der Waals surface area contributed by atoms with E-state index in [2.05, 4.69) is 15.1 Å². The van der Waals surface area contributed by atoms with Crippen molar-refractivity contribution in [2.75, 3.05) is 32.2 Å². The van der Waals surface area contributed by atoms with Crippen LogP contribution in [0.2, 0.25) is 0 Å². The van der Waals surface area contributed by atoms with Gasteiger partial charge in [-0.1, -0.05) is 23.5 Å². The maximum absolute atomic E-state index is 13.1. The largest absolute Gasteiger partial charge is 0.419 e. The standard InChI is InChI=1S/C17H11F3N6OS.C4H8O2/c18-17(19,20)11-5-10(6-23-13(11)21)12-7-24-16-26(12)25-15(28-16)9-3-1-2-8(4-9)14(22)27;1-2-6-4-3-5-1/h1-7H,(H2,21,23)(H2,22,27);1-4H2. The molecule has 13 heteroatoms. The molecule has 178 valence electrons. The summed E-state index contributed by atoms with van der Waals surface area (Å²) in [6, 6.07) is 7.50. The number of hydrogen-bond acceptors (Lipinski definition) is 8. The van der Waals surface area contributed by atoms with Gasteiger partial charge in [-0.2, -0.15) is 18.3 Å². The van der Waals surface area contributed by atoms with Crippen LogP contribution in [0.1, 0.15) is 15.9 Å². The zero-order valence-electron chi connectivity index (χ0n) is 17.6. The maximum atomic E-state index is 13.1. The van der Waals surface area contributed by atoms with Gasteiger partial charge in [-0.25, -0.2) is 14.5 Å². The molecular weight excluding hydrogens is 473 g/mol. The van der Waals surface area contributed by atoms with Gasteiger partial charge in [0, 0.05) is 22.9 Å². The van der Waals surface area contributed by atoms with Gasteiger partial charge in [-0.05, 0) is 18.2 Å². The van der Waals surface area contributed by atoms with Crippen LogP contribution >= 0.6 is 11.3 Å². The molecule has 1 amide bonds. The summed E-state index contributed by atoms with van der Waals surface area (Å²) in [6.07, 6.45) is -1.98. The van der Waals surface area contributed by atoms with Crippen molar-refractivity contribution >= 4 is 28.0 Å². The van der Waals surface area contributed by atoms with Crippen LogP contribution in [0.5, 0.6) is 0 Å². The fourth-order valence-electron chi connectivity index (χ4n) is 3.09. The van der Waals surface area contributed by atoms with Crippen LogP contribution in [-0.2, 0) is 15.7 Å². The lowest BCUT2D eigenvalue weighted by atomic mass is 10.1. The van der Waals surface area contributed by atoms with Crippen molar-refractivity contribution in [1.82, 2.24) is 19.6 Å². The number of anilines is 1. The van der Waals surface area contributed by atoms with Crippen molar-refractivity contribution in [2.45, 2.75) is 6.18 Å². The number of fused-ring (bicyclic) bond motifs is 1. The number of amides is 1. The number of aromatic nitrogens is 4. The van der Waals surface area contributed by atoms with Crippen molar-refractivity contribution in [3.8, 4) is 21.8 Å². The van der Waals surface area contributed by atoms with Gasteiger partial charge in [0.1, 0.15) is 10.8 Å². The van der Waals surface area contributed by atoms with Crippen LogP contribution in [0.25, 0.3) is 26.8 Å². The van der Waals surface area contributed by atoms with E-state index in [4.69, 9.17) is 20.9 Å². The molecule has 4 N–H and O–H groups in total. The summed E-state index contributed by atoms with van der Waals surface area (Å²) in [7, 11) is 0. The first-order valence-corrected chi connectivity index (χ1v) is 10.8. The first kappa shape index (κ1) is 23.6. The number of alkyl halides is 3. The predicted octanol–water partition coefficient (Wildman–Crippen LogP) is 3.25. The monoisotopic (exact) mass is 492 g/mol. The van der Waals surface area contributed by atoms with Crippen LogP contribution in [0, 0.1) is 0 Å². The summed E-state index contributed by atoms with van der Waals surface area (Å²) in [4.78, 5) is 19.7. The topological polar surface area (TPSA) is 131 Å². The Bertz CT molecular complexity index is 1310. The summed E-state index contributed by atoms with van der Waals surface area (Å²) in [5.41, 5.74) is 11.1. The number of nitrogens with zero attached hydrogens (tertiary/aromatic N) is 4. The predicted molar refractivity (Wildman–Crippen MR) is 119 cm³/mol. The number of carbonyl (C=O) groups is 1. The lowest BCUT2D eigenvalue weighted by Crippen LogP contribution is -2.16. The quantitative estimate of drug-likeness (QED) is 0.449. The van der Waals surface area contributed by atoms with E-state index in [9.17, 15) is 18.0 Å². The number of pyridine rings is 1. The molecule has 0 atom stereocenters. The number of nitrogen functional groups attached to an aromatic ring is 1. The Labute approximate surface area is 195 Å². The molecule has 1 aromatic carbocycles. The second-order valence-corrected chi connectivity index (χ2v) is 8.03. The zero-order valence-corrected chi connectivity index (χ0v) is 18.4. The molecular formula is C21H19F3N6O3S. The van der Waals surface area contributed by atoms with Crippen molar-refractivity contribution < 1.29 is 27.4 Å². The van der Waals surface area contributed by atoms with E-state index in [1.54, 1.807) is 24.3 Å². The molecule has 0 aliphatic carbocycles. The van der Waals surface area contributed by atoms with E-state index in [1.165, 1.54) is 28.2 Å². The zero-order chi connectivity index (χ0) is 24.3. The summed E-state index contributed by atoms with van der Waals surface area (Å²) < 4.78 is 50.7. The van der Waals surface area contributed by atoms with Crippen LogP contribution in [0.15, 0.2) is 42.7 Å². The third-order valence-electron chi connectivity index (χ3n) is 4.74. The normalized spacial score (nSPS) is 14.0. The lowest BCUT2D eigenvalue weighted by Gasteiger charge is -2.10. The third-order valence-corrected chi connectivity index (χ3v) is 5.71. The summed E-state index contributed by atoms with van der Waals surface area (Å²) in [6.45, 7) is 3.11. The average molecular weight is 492 g/mol.